The van der Waals surface area contributed by atoms with Gasteiger partial charge in [-0.2, -0.15) is 0 Å². The fraction of sp³-hybridized carbons (Fsp3) is 0.176. The van der Waals surface area contributed by atoms with Gasteiger partial charge in [0.05, 0.1) is 21.6 Å². The molecule has 0 saturated heterocycles. The summed E-state index contributed by atoms with van der Waals surface area (Å²) in [6.07, 6.45) is 0. The largest absolute Gasteiger partial charge is 0.423 e. The third kappa shape index (κ3) is 6.44. The van der Waals surface area contributed by atoms with Crippen molar-refractivity contribution in [2.75, 3.05) is 16.8 Å². The van der Waals surface area contributed by atoms with Gasteiger partial charge in [-0.1, -0.05) is 46.9 Å². The van der Waals surface area contributed by atoms with E-state index in [-0.39, 0.29) is 33.2 Å². The van der Waals surface area contributed by atoms with Crippen molar-refractivity contribution in [3.05, 3.63) is 57.0 Å². The van der Waals surface area contributed by atoms with E-state index >= 15 is 0 Å². The predicted molar refractivity (Wildman–Crippen MR) is 104 cm³/mol. The third-order valence-corrected chi connectivity index (χ3v) is 4.62. The molecule has 2 aromatic carbocycles. The summed E-state index contributed by atoms with van der Waals surface area (Å²) in [5.74, 6) is -0.602. The van der Waals surface area contributed by atoms with Crippen molar-refractivity contribution in [2.45, 2.75) is 6.92 Å². The van der Waals surface area contributed by atoms with Crippen molar-refractivity contribution in [1.29, 1.82) is 0 Å². The molecule has 0 radical (unpaired) electrons. The van der Waals surface area contributed by atoms with Crippen LogP contribution in [0.4, 0.5) is 5.69 Å². The minimum atomic E-state index is -0.556. The molecule has 4 nitrogen and oxygen atoms in total. The standard InChI is InChI=1S/C17H14Cl3NO3S/c1-10-3-2-4-12(5-10)21-15(22)8-25-9-16(23)24-17-13(19)6-11(18)7-14(17)20/h2-7H,8-9H2,1H3,(H,21,22). The lowest BCUT2D eigenvalue weighted by Crippen LogP contribution is -2.17. The number of aryl methyl sites for hydroxylation is 1. The van der Waals surface area contributed by atoms with Crippen LogP contribution in [0.3, 0.4) is 0 Å². The number of nitrogens with one attached hydrogen (secondary N) is 1. The van der Waals surface area contributed by atoms with E-state index in [0.717, 1.165) is 17.3 Å². The van der Waals surface area contributed by atoms with Gasteiger partial charge in [-0.05, 0) is 36.8 Å². The van der Waals surface area contributed by atoms with Crippen molar-refractivity contribution in [3.63, 3.8) is 0 Å². The summed E-state index contributed by atoms with van der Waals surface area (Å²) in [5.41, 5.74) is 1.76. The Morgan fingerprint density at radius 2 is 1.76 bits per heavy atom. The molecule has 1 amide bonds. The first-order valence-corrected chi connectivity index (χ1v) is 9.43. The first kappa shape index (κ1) is 19.9. The van der Waals surface area contributed by atoms with E-state index < -0.39 is 5.97 Å². The van der Waals surface area contributed by atoms with Gasteiger partial charge in [0.2, 0.25) is 5.91 Å². The molecule has 0 heterocycles. The number of halogens is 3. The zero-order valence-corrected chi connectivity index (χ0v) is 16.2. The van der Waals surface area contributed by atoms with Crippen molar-refractivity contribution >= 4 is 64.1 Å². The van der Waals surface area contributed by atoms with Crippen LogP contribution in [-0.2, 0) is 9.59 Å². The monoisotopic (exact) mass is 417 g/mol. The smallest absolute Gasteiger partial charge is 0.321 e. The number of rotatable bonds is 6. The number of amides is 1. The van der Waals surface area contributed by atoms with E-state index in [1.54, 1.807) is 6.07 Å². The third-order valence-electron chi connectivity index (χ3n) is 2.93. The maximum Gasteiger partial charge on any atom is 0.321 e. The molecule has 132 valence electrons. The second kappa shape index (κ2) is 9.34. The molecule has 1 N–H and O–H groups in total. The molecule has 2 rings (SSSR count). The number of benzene rings is 2. The van der Waals surface area contributed by atoms with Gasteiger partial charge in [-0.15, -0.1) is 11.8 Å². The average Bonchev–Trinajstić information content (AvgIpc) is 2.51. The zero-order valence-electron chi connectivity index (χ0n) is 13.1. The van der Waals surface area contributed by atoms with Crippen LogP contribution in [-0.4, -0.2) is 23.4 Å². The number of carbonyl (C=O) groups is 2. The lowest BCUT2D eigenvalue weighted by Gasteiger charge is -2.09. The summed E-state index contributed by atoms with van der Waals surface area (Å²) in [6.45, 7) is 1.94. The molecule has 8 heteroatoms. The lowest BCUT2D eigenvalue weighted by atomic mass is 10.2. The highest BCUT2D eigenvalue weighted by atomic mass is 35.5. The first-order chi connectivity index (χ1) is 11.8. The van der Waals surface area contributed by atoms with E-state index in [9.17, 15) is 9.59 Å². The van der Waals surface area contributed by atoms with Gasteiger partial charge in [0.1, 0.15) is 0 Å². The fourth-order valence-corrected chi connectivity index (χ4v) is 3.40. The average molecular weight is 419 g/mol. The summed E-state index contributed by atoms with van der Waals surface area (Å²) in [5, 5.41) is 3.40. The van der Waals surface area contributed by atoms with Crippen LogP contribution in [0.1, 0.15) is 5.56 Å². The molecular formula is C17H14Cl3NO3S. The Hall–Kier alpha value is -1.40. The number of hydrogen-bond acceptors (Lipinski definition) is 4. The topological polar surface area (TPSA) is 55.4 Å². The molecule has 0 aliphatic carbocycles. The Bertz CT molecular complexity index is 775. The molecule has 2 aromatic rings. The molecule has 0 unspecified atom stereocenters. The SMILES string of the molecule is Cc1cccc(NC(=O)CSCC(=O)Oc2c(Cl)cc(Cl)cc2Cl)c1. The van der Waals surface area contributed by atoms with Crippen LogP contribution in [0.2, 0.25) is 15.1 Å². The number of carbonyl (C=O) groups excluding carboxylic acids is 2. The van der Waals surface area contributed by atoms with Gasteiger partial charge in [0, 0.05) is 10.7 Å². The van der Waals surface area contributed by atoms with Crippen molar-refractivity contribution in [2.24, 2.45) is 0 Å². The Labute approximate surface area is 164 Å². The summed E-state index contributed by atoms with van der Waals surface area (Å²) >= 11 is 18.8. The summed E-state index contributed by atoms with van der Waals surface area (Å²) < 4.78 is 5.13. The summed E-state index contributed by atoms with van der Waals surface area (Å²) in [6, 6.07) is 10.3. The van der Waals surface area contributed by atoms with Crippen molar-refractivity contribution in [3.8, 4) is 5.75 Å². The van der Waals surface area contributed by atoms with E-state index in [4.69, 9.17) is 39.5 Å². The first-order valence-electron chi connectivity index (χ1n) is 7.14. The van der Waals surface area contributed by atoms with Gasteiger partial charge < -0.3 is 10.1 Å². The lowest BCUT2D eigenvalue weighted by molar-refractivity contribution is -0.131. The van der Waals surface area contributed by atoms with Crippen LogP contribution in [0.5, 0.6) is 5.75 Å². The predicted octanol–water partition coefficient (Wildman–Crippen LogP) is 5.23. The molecule has 0 aliphatic rings. The van der Waals surface area contributed by atoms with Crippen LogP contribution in [0.25, 0.3) is 0 Å². The van der Waals surface area contributed by atoms with E-state index in [1.807, 2.05) is 25.1 Å². The van der Waals surface area contributed by atoms with E-state index in [1.165, 1.54) is 12.1 Å². The maximum atomic E-state index is 11.9. The molecule has 0 bridgehead atoms. The Morgan fingerprint density at radius 1 is 1.08 bits per heavy atom. The Morgan fingerprint density at radius 3 is 2.40 bits per heavy atom. The molecule has 0 saturated carbocycles. The van der Waals surface area contributed by atoms with Gasteiger partial charge >= 0.3 is 5.97 Å². The molecule has 25 heavy (non-hydrogen) atoms. The molecule has 0 aromatic heterocycles. The molecule has 0 spiro atoms. The van der Waals surface area contributed by atoms with Gasteiger partial charge in [0.25, 0.3) is 0 Å². The highest BCUT2D eigenvalue weighted by Gasteiger charge is 2.14. The van der Waals surface area contributed by atoms with Gasteiger partial charge in [-0.3, -0.25) is 9.59 Å². The van der Waals surface area contributed by atoms with Crippen LogP contribution < -0.4 is 10.1 Å². The van der Waals surface area contributed by atoms with Crippen LogP contribution >= 0.6 is 46.6 Å². The second-order valence-electron chi connectivity index (χ2n) is 5.08. The van der Waals surface area contributed by atoms with Crippen molar-refractivity contribution in [1.82, 2.24) is 0 Å². The quantitative estimate of drug-likeness (QED) is 0.515. The summed E-state index contributed by atoms with van der Waals surface area (Å²) in [4.78, 5) is 23.7. The molecule has 0 atom stereocenters. The number of ether oxygens (including phenoxy) is 1. The minimum absolute atomic E-state index is 0.0173. The molecule has 0 fully saturated rings. The molecule has 0 aliphatic heterocycles. The number of thioether (sulfide) groups is 1. The highest BCUT2D eigenvalue weighted by molar-refractivity contribution is 8.00. The number of anilines is 1. The number of hydrogen-bond donors (Lipinski definition) is 1. The second-order valence-corrected chi connectivity index (χ2v) is 7.32. The van der Waals surface area contributed by atoms with E-state index in [2.05, 4.69) is 5.32 Å². The summed E-state index contributed by atoms with van der Waals surface area (Å²) in [7, 11) is 0. The maximum absolute atomic E-state index is 11.9. The highest BCUT2D eigenvalue weighted by Crippen LogP contribution is 2.36. The molecular weight excluding hydrogens is 405 g/mol. The minimum Gasteiger partial charge on any atom is -0.423 e. The van der Waals surface area contributed by atoms with Gasteiger partial charge in [0.15, 0.2) is 5.75 Å². The van der Waals surface area contributed by atoms with Gasteiger partial charge in [-0.25, -0.2) is 0 Å². The fourth-order valence-electron chi connectivity index (χ4n) is 1.92. The number of esters is 1. The van der Waals surface area contributed by atoms with Crippen molar-refractivity contribution < 1.29 is 14.3 Å². The normalized spacial score (nSPS) is 10.4. The van der Waals surface area contributed by atoms with Crippen LogP contribution in [0, 0.1) is 6.92 Å². The Kier molecular flexibility index (Phi) is 7.44. The Balaban J connectivity index is 1.80. The van der Waals surface area contributed by atoms with E-state index in [0.29, 0.717) is 10.7 Å². The van der Waals surface area contributed by atoms with Crippen LogP contribution in [0.15, 0.2) is 36.4 Å². The zero-order chi connectivity index (χ0) is 18.4.